The number of ether oxygens (including phenoxy) is 1. The molecular formula is C23H25ClN4O3. The summed E-state index contributed by atoms with van der Waals surface area (Å²) in [5.74, 6) is 1.82. The minimum atomic E-state index is -0.563. The number of rotatable bonds is 6. The maximum atomic E-state index is 12.8. The van der Waals surface area contributed by atoms with Crippen molar-refractivity contribution in [3.8, 4) is 17.1 Å². The number of amides is 1. The molecule has 0 N–H and O–H groups in total. The van der Waals surface area contributed by atoms with Crippen molar-refractivity contribution < 1.29 is 14.1 Å². The minimum absolute atomic E-state index is 0.0150. The van der Waals surface area contributed by atoms with Gasteiger partial charge >= 0.3 is 0 Å². The van der Waals surface area contributed by atoms with Crippen LogP contribution in [0.15, 0.2) is 53.1 Å². The van der Waals surface area contributed by atoms with Crippen molar-refractivity contribution in [2.24, 2.45) is 0 Å². The third kappa shape index (κ3) is 4.99. The predicted molar refractivity (Wildman–Crippen MR) is 119 cm³/mol. The lowest BCUT2D eigenvalue weighted by Gasteiger charge is -2.37. The van der Waals surface area contributed by atoms with E-state index in [-0.39, 0.29) is 5.91 Å². The van der Waals surface area contributed by atoms with Gasteiger partial charge in [-0.1, -0.05) is 29.7 Å². The minimum Gasteiger partial charge on any atom is -0.481 e. The molecule has 0 bridgehead atoms. The highest BCUT2D eigenvalue weighted by atomic mass is 35.5. The van der Waals surface area contributed by atoms with Gasteiger partial charge in [-0.2, -0.15) is 4.98 Å². The van der Waals surface area contributed by atoms with Crippen molar-refractivity contribution in [1.82, 2.24) is 15.0 Å². The Morgan fingerprint density at radius 1 is 1.16 bits per heavy atom. The number of carbonyl (C=O) groups excluding carboxylic acids is 1. The Morgan fingerprint density at radius 3 is 2.55 bits per heavy atom. The third-order valence-corrected chi connectivity index (χ3v) is 5.54. The van der Waals surface area contributed by atoms with Gasteiger partial charge in [0.2, 0.25) is 11.7 Å². The molecule has 2 heterocycles. The number of hydrogen-bond acceptors (Lipinski definition) is 6. The number of halogens is 1. The van der Waals surface area contributed by atoms with Crippen LogP contribution in [0.3, 0.4) is 0 Å². The monoisotopic (exact) mass is 440 g/mol. The maximum Gasteiger partial charge on any atom is 0.263 e. The van der Waals surface area contributed by atoms with Gasteiger partial charge in [0.25, 0.3) is 5.91 Å². The molecule has 8 heteroatoms. The van der Waals surface area contributed by atoms with E-state index in [0.29, 0.717) is 35.6 Å². The summed E-state index contributed by atoms with van der Waals surface area (Å²) in [5, 5.41) is 4.60. The molecule has 0 saturated carbocycles. The first-order chi connectivity index (χ1) is 15.0. The molecule has 7 nitrogen and oxygen atoms in total. The van der Waals surface area contributed by atoms with Crippen LogP contribution in [0.2, 0.25) is 5.02 Å². The number of benzene rings is 2. The standard InChI is InChI=1S/C23H25ClN4O3/c1-3-21-25-22(26-31-21)17-7-9-19(10-8-17)27-11-13-28(14-12-27)23(29)16(2)30-20-6-4-5-18(24)15-20/h4-10,15-16H,3,11-14H2,1-2H3/t16-/m0/s1. The van der Waals surface area contributed by atoms with E-state index in [2.05, 4.69) is 27.2 Å². The lowest BCUT2D eigenvalue weighted by Crippen LogP contribution is -2.52. The zero-order valence-electron chi connectivity index (χ0n) is 17.6. The number of carbonyl (C=O) groups is 1. The molecule has 3 aromatic rings. The molecule has 0 spiro atoms. The van der Waals surface area contributed by atoms with Crippen molar-refractivity contribution in [2.45, 2.75) is 26.4 Å². The summed E-state index contributed by atoms with van der Waals surface area (Å²) in [5.41, 5.74) is 2.03. The molecule has 4 rings (SSSR count). The van der Waals surface area contributed by atoms with Gasteiger partial charge in [0.1, 0.15) is 5.75 Å². The van der Waals surface area contributed by atoms with Crippen molar-refractivity contribution in [3.63, 3.8) is 0 Å². The normalized spacial score (nSPS) is 15.1. The maximum absolute atomic E-state index is 12.8. The zero-order valence-corrected chi connectivity index (χ0v) is 18.4. The van der Waals surface area contributed by atoms with Gasteiger partial charge in [-0.3, -0.25) is 4.79 Å². The summed E-state index contributed by atoms with van der Waals surface area (Å²) >= 11 is 5.99. The first-order valence-corrected chi connectivity index (χ1v) is 10.8. The topological polar surface area (TPSA) is 71.7 Å². The van der Waals surface area contributed by atoms with E-state index in [9.17, 15) is 4.79 Å². The van der Waals surface area contributed by atoms with E-state index >= 15 is 0 Å². The summed E-state index contributed by atoms with van der Waals surface area (Å²) in [7, 11) is 0. The summed E-state index contributed by atoms with van der Waals surface area (Å²) < 4.78 is 11.0. The summed E-state index contributed by atoms with van der Waals surface area (Å²) in [4.78, 5) is 21.3. The molecule has 162 valence electrons. The average Bonchev–Trinajstić information content (AvgIpc) is 3.28. The van der Waals surface area contributed by atoms with Crippen molar-refractivity contribution >= 4 is 23.2 Å². The lowest BCUT2D eigenvalue weighted by atomic mass is 10.1. The molecule has 1 saturated heterocycles. The Morgan fingerprint density at radius 2 is 1.90 bits per heavy atom. The Kier molecular flexibility index (Phi) is 6.42. The molecule has 1 aliphatic heterocycles. The highest BCUT2D eigenvalue weighted by Crippen LogP contribution is 2.23. The second-order valence-corrected chi connectivity index (χ2v) is 7.88. The quantitative estimate of drug-likeness (QED) is 0.575. The molecule has 1 fully saturated rings. The van der Waals surface area contributed by atoms with Gasteiger partial charge in [-0.15, -0.1) is 0 Å². The van der Waals surface area contributed by atoms with E-state index in [0.717, 1.165) is 30.8 Å². The molecule has 1 atom stereocenters. The van der Waals surface area contributed by atoms with E-state index < -0.39 is 6.10 Å². The molecule has 1 aromatic heterocycles. The predicted octanol–water partition coefficient (Wildman–Crippen LogP) is 4.07. The number of aryl methyl sites for hydroxylation is 1. The first kappa shape index (κ1) is 21.2. The number of aromatic nitrogens is 2. The Bertz CT molecular complexity index is 1030. The lowest BCUT2D eigenvalue weighted by molar-refractivity contribution is -0.138. The van der Waals surface area contributed by atoms with Crippen LogP contribution < -0.4 is 9.64 Å². The molecule has 0 aliphatic carbocycles. The molecule has 31 heavy (non-hydrogen) atoms. The molecule has 0 radical (unpaired) electrons. The highest BCUT2D eigenvalue weighted by Gasteiger charge is 2.26. The number of piperazine rings is 1. The Balaban J connectivity index is 1.32. The molecular weight excluding hydrogens is 416 g/mol. The smallest absolute Gasteiger partial charge is 0.263 e. The number of hydrogen-bond donors (Lipinski definition) is 0. The van der Waals surface area contributed by atoms with Crippen LogP contribution in [0.4, 0.5) is 5.69 Å². The second kappa shape index (κ2) is 9.39. The van der Waals surface area contributed by atoms with Crippen LogP contribution in [0.1, 0.15) is 19.7 Å². The van der Waals surface area contributed by atoms with Crippen LogP contribution >= 0.6 is 11.6 Å². The first-order valence-electron chi connectivity index (χ1n) is 10.4. The van der Waals surface area contributed by atoms with Crippen molar-refractivity contribution in [3.05, 3.63) is 59.4 Å². The SMILES string of the molecule is CCc1nc(-c2ccc(N3CCN(C(=O)[C@H](C)Oc4cccc(Cl)c4)CC3)cc2)no1. The van der Waals surface area contributed by atoms with E-state index in [1.807, 2.05) is 24.0 Å². The fraction of sp³-hybridized carbons (Fsp3) is 0.348. The summed E-state index contributed by atoms with van der Waals surface area (Å²) in [6, 6.07) is 15.2. The van der Waals surface area contributed by atoms with Crippen LogP contribution in [-0.2, 0) is 11.2 Å². The zero-order chi connectivity index (χ0) is 21.8. The summed E-state index contributed by atoms with van der Waals surface area (Å²) in [6.45, 7) is 6.57. The molecule has 1 amide bonds. The Labute approximate surface area is 186 Å². The van der Waals surface area contributed by atoms with Crippen molar-refractivity contribution in [1.29, 1.82) is 0 Å². The van der Waals surface area contributed by atoms with Crippen LogP contribution in [0.25, 0.3) is 11.4 Å². The third-order valence-electron chi connectivity index (χ3n) is 5.31. The number of nitrogens with zero attached hydrogens (tertiary/aromatic N) is 4. The summed E-state index contributed by atoms with van der Waals surface area (Å²) in [6.07, 6.45) is 0.156. The van der Waals surface area contributed by atoms with Gasteiger partial charge in [0.05, 0.1) is 0 Å². The molecule has 2 aromatic carbocycles. The van der Waals surface area contributed by atoms with Gasteiger partial charge in [0, 0.05) is 48.9 Å². The van der Waals surface area contributed by atoms with Crippen molar-refractivity contribution in [2.75, 3.05) is 31.1 Å². The van der Waals surface area contributed by atoms with Crippen LogP contribution in [-0.4, -0.2) is 53.2 Å². The largest absolute Gasteiger partial charge is 0.481 e. The van der Waals surface area contributed by atoms with Crippen LogP contribution in [0.5, 0.6) is 5.75 Å². The number of anilines is 1. The molecule has 1 aliphatic rings. The van der Waals surface area contributed by atoms with Gasteiger partial charge in [0.15, 0.2) is 6.10 Å². The average molecular weight is 441 g/mol. The van der Waals surface area contributed by atoms with Gasteiger partial charge < -0.3 is 19.1 Å². The fourth-order valence-corrected chi connectivity index (χ4v) is 3.75. The van der Waals surface area contributed by atoms with Gasteiger partial charge in [-0.05, 0) is 49.4 Å². The second-order valence-electron chi connectivity index (χ2n) is 7.44. The molecule has 0 unspecified atom stereocenters. The fourth-order valence-electron chi connectivity index (χ4n) is 3.57. The van der Waals surface area contributed by atoms with E-state index in [1.165, 1.54) is 0 Å². The van der Waals surface area contributed by atoms with Gasteiger partial charge in [-0.25, -0.2) is 0 Å². The Hall–Kier alpha value is -3.06. The van der Waals surface area contributed by atoms with E-state index in [1.54, 1.807) is 31.2 Å². The van der Waals surface area contributed by atoms with E-state index in [4.69, 9.17) is 20.9 Å². The van der Waals surface area contributed by atoms with Crippen LogP contribution in [0, 0.1) is 0 Å². The highest BCUT2D eigenvalue weighted by molar-refractivity contribution is 6.30.